The van der Waals surface area contributed by atoms with Crippen molar-refractivity contribution >= 4 is 28.6 Å². The molecule has 25 heavy (non-hydrogen) atoms. The van der Waals surface area contributed by atoms with Crippen molar-refractivity contribution in [2.75, 3.05) is 18.1 Å². The highest BCUT2D eigenvalue weighted by Crippen LogP contribution is 2.19. The van der Waals surface area contributed by atoms with Crippen LogP contribution in [0.4, 0.5) is 10.5 Å². The zero-order valence-electron chi connectivity index (χ0n) is 13.5. The Labute approximate surface area is 144 Å². The zero-order valence-corrected chi connectivity index (χ0v) is 13.5. The lowest BCUT2D eigenvalue weighted by Crippen LogP contribution is -2.24. The molecule has 6 nitrogen and oxygen atoms in total. The quantitative estimate of drug-likeness (QED) is 0.769. The molecule has 1 aliphatic heterocycles. The predicted octanol–water partition coefficient (Wildman–Crippen LogP) is 3.05. The van der Waals surface area contributed by atoms with Crippen LogP contribution >= 0.6 is 0 Å². The number of carbonyl (C=O) groups excluding carboxylic acids is 2. The van der Waals surface area contributed by atoms with Gasteiger partial charge in [-0.2, -0.15) is 0 Å². The van der Waals surface area contributed by atoms with Crippen molar-refractivity contribution in [1.29, 1.82) is 0 Å². The number of para-hydroxylation sites is 1. The minimum atomic E-state index is -0.320. The first-order valence-electron chi connectivity index (χ1n) is 8.10. The molecule has 0 bridgehead atoms. The fraction of sp³-hybridized carbons (Fsp3) is 0.158. The molecule has 0 radical (unpaired) electrons. The molecule has 2 heterocycles. The summed E-state index contributed by atoms with van der Waals surface area (Å²) in [6, 6.07) is 17.1. The van der Waals surface area contributed by atoms with E-state index in [-0.39, 0.29) is 12.0 Å². The van der Waals surface area contributed by atoms with Gasteiger partial charge in [-0.25, -0.2) is 4.79 Å². The van der Waals surface area contributed by atoms with E-state index in [9.17, 15) is 9.59 Å². The Kier molecular flexibility index (Phi) is 3.85. The van der Waals surface area contributed by atoms with Crippen LogP contribution in [-0.2, 0) is 11.3 Å². The zero-order chi connectivity index (χ0) is 17.2. The second kappa shape index (κ2) is 6.32. The highest BCUT2D eigenvalue weighted by Gasteiger charge is 2.23. The summed E-state index contributed by atoms with van der Waals surface area (Å²) in [5.74, 6) is -0.150. The van der Waals surface area contributed by atoms with Gasteiger partial charge in [0, 0.05) is 23.1 Å². The summed E-state index contributed by atoms with van der Waals surface area (Å²) in [4.78, 5) is 28.5. The van der Waals surface area contributed by atoms with E-state index in [1.807, 2.05) is 54.6 Å². The van der Waals surface area contributed by atoms with E-state index in [2.05, 4.69) is 10.3 Å². The third-order valence-electron chi connectivity index (χ3n) is 4.24. The van der Waals surface area contributed by atoms with Gasteiger partial charge in [0.25, 0.3) is 5.91 Å². The Morgan fingerprint density at radius 2 is 1.96 bits per heavy atom. The Bertz CT molecular complexity index is 897. The molecule has 0 saturated carbocycles. The number of carbonyl (C=O) groups is 2. The maximum absolute atomic E-state index is 12.3. The second-order valence-electron chi connectivity index (χ2n) is 5.89. The molecule has 1 aliphatic rings. The number of aromatic amines is 1. The van der Waals surface area contributed by atoms with Gasteiger partial charge in [0.1, 0.15) is 12.3 Å². The van der Waals surface area contributed by atoms with Crippen molar-refractivity contribution in [2.24, 2.45) is 0 Å². The second-order valence-corrected chi connectivity index (χ2v) is 5.89. The average Bonchev–Trinajstić information content (AvgIpc) is 3.26. The number of nitrogens with one attached hydrogen (secondary N) is 2. The molecule has 2 N–H and O–H groups in total. The Morgan fingerprint density at radius 3 is 2.68 bits per heavy atom. The number of anilines is 1. The van der Waals surface area contributed by atoms with Gasteiger partial charge in [-0.15, -0.1) is 0 Å². The van der Waals surface area contributed by atoms with Crippen LogP contribution in [0.15, 0.2) is 54.6 Å². The number of rotatable bonds is 4. The van der Waals surface area contributed by atoms with E-state index < -0.39 is 0 Å². The van der Waals surface area contributed by atoms with Gasteiger partial charge in [0.15, 0.2) is 0 Å². The third-order valence-corrected chi connectivity index (χ3v) is 4.24. The molecule has 0 aliphatic carbocycles. The van der Waals surface area contributed by atoms with Gasteiger partial charge < -0.3 is 15.0 Å². The van der Waals surface area contributed by atoms with Crippen LogP contribution in [0.2, 0.25) is 0 Å². The fourth-order valence-electron chi connectivity index (χ4n) is 2.89. The van der Waals surface area contributed by atoms with Gasteiger partial charge in [0.05, 0.1) is 6.54 Å². The average molecular weight is 335 g/mol. The standard InChI is InChI=1S/C19H17N3O3/c23-18(17-11-14-3-1-2-4-16(14)21-17)20-12-13-5-7-15(8-6-13)22-9-10-25-19(22)24/h1-8,11,21H,9-10,12H2,(H,20,23). The first-order valence-corrected chi connectivity index (χ1v) is 8.10. The maximum atomic E-state index is 12.3. The normalized spacial score (nSPS) is 13.9. The fourth-order valence-corrected chi connectivity index (χ4v) is 2.89. The summed E-state index contributed by atoms with van der Waals surface area (Å²) in [6.45, 7) is 1.40. The predicted molar refractivity (Wildman–Crippen MR) is 94.6 cm³/mol. The van der Waals surface area contributed by atoms with Gasteiger partial charge >= 0.3 is 6.09 Å². The highest BCUT2D eigenvalue weighted by atomic mass is 16.6. The lowest BCUT2D eigenvalue weighted by atomic mass is 10.2. The number of H-pyrrole nitrogens is 1. The van der Waals surface area contributed by atoms with Gasteiger partial charge in [0.2, 0.25) is 0 Å². The number of hydrogen-bond donors (Lipinski definition) is 2. The summed E-state index contributed by atoms with van der Waals surface area (Å²) >= 11 is 0. The first-order chi connectivity index (χ1) is 12.2. The molecule has 2 amide bonds. The number of aromatic nitrogens is 1. The summed E-state index contributed by atoms with van der Waals surface area (Å²) in [5, 5.41) is 3.91. The van der Waals surface area contributed by atoms with Crippen LogP contribution in [0.1, 0.15) is 16.1 Å². The molecule has 0 spiro atoms. The summed E-state index contributed by atoms with van der Waals surface area (Å²) in [7, 11) is 0. The highest BCUT2D eigenvalue weighted by molar-refractivity contribution is 5.98. The van der Waals surface area contributed by atoms with Crippen LogP contribution in [0.25, 0.3) is 10.9 Å². The summed E-state index contributed by atoms with van der Waals surface area (Å²) in [5.41, 5.74) is 3.24. The number of cyclic esters (lactones) is 1. The number of benzene rings is 2. The molecular weight excluding hydrogens is 318 g/mol. The Balaban J connectivity index is 1.40. The van der Waals surface area contributed by atoms with E-state index in [0.29, 0.717) is 25.4 Å². The summed E-state index contributed by atoms with van der Waals surface area (Å²) < 4.78 is 4.93. The molecule has 1 fully saturated rings. The lowest BCUT2D eigenvalue weighted by Gasteiger charge is -2.13. The SMILES string of the molecule is O=C(NCc1ccc(N2CCOC2=O)cc1)c1cc2ccccc2[nH]1. The minimum absolute atomic E-state index is 0.150. The Hall–Kier alpha value is -3.28. The van der Waals surface area contributed by atoms with Crippen LogP contribution in [0.5, 0.6) is 0 Å². The number of amides is 2. The van der Waals surface area contributed by atoms with Crippen molar-refractivity contribution < 1.29 is 14.3 Å². The number of hydrogen-bond acceptors (Lipinski definition) is 3. The van der Waals surface area contributed by atoms with Crippen molar-refractivity contribution in [2.45, 2.75) is 6.54 Å². The Morgan fingerprint density at radius 1 is 1.16 bits per heavy atom. The number of fused-ring (bicyclic) bond motifs is 1. The van der Waals surface area contributed by atoms with E-state index >= 15 is 0 Å². The van der Waals surface area contributed by atoms with Crippen molar-refractivity contribution in [3.05, 3.63) is 65.9 Å². The van der Waals surface area contributed by atoms with E-state index in [1.165, 1.54) is 0 Å². The first kappa shape index (κ1) is 15.3. The van der Waals surface area contributed by atoms with Crippen LogP contribution in [-0.4, -0.2) is 30.1 Å². The molecule has 0 atom stereocenters. The lowest BCUT2D eigenvalue weighted by molar-refractivity contribution is 0.0946. The van der Waals surface area contributed by atoms with Crippen molar-refractivity contribution in [3.8, 4) is 0 Å². The summed E-state index contributed by atoms with van der Waals surface area (Å²) in [6.07, 6.45) is -0.320. The van der Waals surface area contributed by atoms with Crippen LogP contribution in [0.3, 0.4) is 0 Å². The molecule has 2 aromatic carbocycles. The molecular formula is C19H17N3O3. The van der Waals surface area contributed by atoms with E-state index in [0.717, 1.165) is 22.2 Å². The van der Waals surface area contributed by atoms with Crippen LogP contribution in [0, 0.1) is 0 Å². The molecule has 4 rings (SSSR count). The molecule has 1 saturated heterocycles. The molecule has 6 heteroatoms. The van der Waals surface area contributed by atoms with Crippen LogP contribution < -0.4 is 10.2 Å². The van der Waals surface area contributed by atoms with Gasteiger partial charge in [-0.05, 0) is 29.8 Å². The molecule has 0 unspecified atom stereocenters. The topological polar surface area (TPSA) is 74.4 Å². The number of ether oxygens (including phenoxy) is 1. The van der Waals surface area contributed by atoms with Gasteiger partial charge in [-0.1, -0.05) is 30.3 Å². The molecule has 1 aromatic heterocycles. The maximum Gasteiger partial charge on any atom is 0.414 e. The molecule has 126 valence electrons. The largest absolute Gasteiger partial charge is 0.447 e. The number of nitrogens with zero attached hydrogens (tertiary/aromatic N) is 1. The van der Waals surface area contributed by atoms with Crippen molar-refractivity contribution in [1.82, 2.24) is 10.3 Å². The minimum Gasteiger partial charge on any atom is -0.447 e. The van der Waals surface area contributed by atoms with E-state index in [4.69, 9.17) is 4.74 Å². The van der Waals surface area contributed by atoms with E-state index in [1.54, 1.807) is 4.90 Å². The van der Waals surface area contributed by atoms with Gasteiger partial charge in [-0.3, -0.25) is 9.69 Å². The third kappa shape index (κ3) is 3.06. The smallest absolute Gasteiger partial charge is 0.414 e. The molecule has 3 aromatic rings. The van der Waals surface area contributed by atoms with Crippen molar-refractivity contribution in [3.63, 3.8) is 0 Å². The monoisotopic (exact) mass is 335 g/mol.